The average molecular weight is 336 g/mol. The summed E-state index contributed by atoms with van der Waals surface area (Å²) in [5, 5.41) is 4.31. The van der Waals surface area contributed by atoms with Gasteiger partial charge in [-0.3, -0.25) is 4.79 Å². The molecule has 1 aliphatic carbocycles. The molecule has 0 bridgehead atoms. The Balaban J connectivity index is 0.00000192. The molecule has 126 valence electrons. The van der Waals surface area contributed by atoms with Crippen LogP contribution < -0.4 is 11.1 Å². The molecule has 5 heteroatoms. The minimum atomic E-state index is 0. The molecule has 2 atom stereocenters. The van der Waals surface area contributed by atoms with E-state index in [0.29, 0.717) is 12.5 Å². The van der Waals surface area contributed by atoms with E-state index in [1.165, 1.54) is 10.9 Å². The summed E-state index contributed by atoms with van der Waals surface area (Å²) in [6, 6.07) is 8.27. The van der Waals surface area contributed by atoms with Crippen molar-refractivity contribution in [3.63, 3.8) is 0 Å². The number of carbonyl (C=O) groups is 1. The first-order valence-electron chi connectivity index (χ1n) is 8.32. The van der Waals surface area contributed by atoms with Crippen molar-refractivity contribution in [3.05, 3.63) is 30.5 Å². The lowest BCUT2D eigenvalue weighted by Gasteiger charge is -2.17. The van der Waals surface area contributed by atoms with Crippen LogP contribution in [0.2, 0.25) is 0 Å². The van der Waals surface area contributed by atoms with Gasteiger partial charge in [0.15, 0.2) is 0 Å². The van der Waals surface area contributed by atoms with Gasteiger partial charge in [0.2, 0.25) is 5.91 Å². The fourth-order valence-electron chi connectivity index (χ4n) is 3.60. The number of benzene rings is 1. The largest absolute Gasteiger partial charge is 0.347 e. The minimum Gasteiger partial charge on any atom is -0.347 e. The summed E-state index contributed by atoms with van der Waals surface area (Å²) in [5.41, 5.74) is 7.85. The lowest BCUT2D eigenvalue weighted by atomic mass is 9.95. The second-order valence-corrected chi connectivity index (χ2v) is 6.31. The molecule has 1 amide bonds. The van der Waals surface area contributed by atoms with Crippen LogP contribution >= 0.6 is 12.4 Å². The molecular formula is C18H26ClN3O. The third-order valence-electron chi connectivity index (χ3n) is 4.80. The van der Waals surface area contributed by atoms with Crippen LogP contribution in [0, 0.1) is 11.8 Å². The number of rotatable bonds is 5. The Bertz CT molecular complexity index is 667. The van der Waals surface area contributed by atoms with E-state index >= 15 is 0 Å². The summed E-state index contributed by atoms with van der Waals surface area (Å²) in [6.45, 7) is 3.78. The topological polar surface area (TPSA) is 60.0 Å². The van der Waals surface area contributed by atoms with Crippen LogP contribution in [-0.2, 0) is 11.3 Å². The number of aryl methyl sites for hydroxylation is 1. The number of halogens is 1. The number of carbonyl (C=O) groups excluding carboxylic acids is 1. The number of fused-ring (bicyclic) bond motifs is 1. The van der Waals surface area contributed by atoms with Crippen molar-refractivity contribution in [2.45, 2.75) is 39.2 Å². The number of hydrogen-bond donors (Lipinski definition) is 2. The SMILES string of the molecule is CCCn1ccc2ccc(NC(=O)[C@@H]3CCC[C@@H]3CN)cc21.Cl. The van der Waals surface area contributed by atoms with Crippen LogP contribution in [0.1, 0.15) is 32.6 Å². The van der Waals surface area contributed by atoms with E-state index in [4.69, 9.17) is 5.73 Å². The number of nitrogens with two attached hydrogens (primary N) is 1. The van der Waals surface area contributed by atoms with Gasteiger partial charge in [-0.2, -0.15) is 0 Å². The summed E-state index contributed by atoms with van der Waals surface area (Å²) < 4.78 is 2.24. The summed E-state index contributed by atoms with van der Waals surface area (Å²) in [4.78, 5) is 12.5. The number of nitrogens with zero attached hydrogens (tertiary/aromatic N) is 1. The molecule has 1 saturated carbocycles. The molecular weight excluding hydrogens is 310 g/mol. The standard InChI is InChI=1S/C18H25N3O.ClH/c1-2-9-21-10-8-13-6-7-15(11-17(13)21)20-18(22)16-5-3-4-14(16)12-19;/h6-8,10-11,14,16H,2-5,9,12,19H2,1H3,(H,20,22);1H/t14-,16-;/m1./s1. The lowest BCUT2D eigenvalue weighted by Crippen LogP contribution is -2.29. The van der Waals surface area contributed by atoms with Crippen molar-refractivity contribution in [3.8, 4) is 0 Å². The molecule has 0 radical (unpaired) electrons. The Labute approximate surface area is 143 Å². The highest BCUT2D eigenvalue weighted by molar-refractivity contribution is 5.95. The van der Waals surface area contributed by atoms with E-state index in [2.05, 4.69) is 41.2 Å². The Kier molecular flexibility index (Phi) is 6.08. The molecule has 0 aliphatic heterocycles. The van der Waals surface area contributed by atoms with E-state index < -0.39 is 0 Å². The first-order valence-corrected chi connectivity index (χ1v) is 8.32. The highest BCUT2D eigenvalue weighted by atomic mass is 35.5. The van der Waals surface area contributed by atoms with Gasteiger partial charge in [0.05, 0.1) is 5.52 Å². The molecule has 1 aliphatic rings. The van der Waals surface area contributed by atoms with Crippen molar-refractivity contribution in [1.82, 2.24) is 4.57 Å². The quantitative estimate of drug-likeness (QED) is 0.873. The van der Waals surface area contributed by atoms with E-state index in [0.717, 1.165) is 37.9 Å². The van der Waals surface area contributed by atoms with Crippen LogP contribution in [0.4, 0.5) is 5.69 Å². The van der Waals surface area contributed by atoms with E-state index in [1.807, 2.05) is 6.07 Å². The van der Waals surface area contributed by atoms with E-state index in [9.17, 15) is 4.79 Å². The van der Waals surface area contributed by atoms with Crippen LogP contribution in [0.5, 0.6) is 0 Å². The molecule has 4 nitrogen and oxygen atoms in total. The fraction of sp³-hybridized carbons (Fsp3) is 0.500. The number of amides is 1. The lowest BCUT2D eigenvalue weighted by molar-refractivity contribution is -0.120. The van der Waals surface area contributed by atoms with Crippen LogP contribution in [-0.4, -0.2) is 17.0 Å². The van der Waals surface area contributed by atoms with Crippen molar-refractivity contribution >= 4 is 34.9 Å². The van der Waals surface area contributed by atoms with Gasteiger partial charge >= 0.3 is 0 Å². The predicted molar refractivity (Wildman–Crippen MR) is 98.0 cm³/mol. The van der Waals surface area contributed by atoms with E-state index in [-0.39, 0.29) is 24.2 Å². The van der Waals surface area contributed by atoms with Crippen molar-refractivity contribution in [1.29, 1.82) is 0 Å². The van der Waals surface area contributed by atoms with Crippen molar-refractivity contribution < 1.29 is 4.79 Å². The third-order valence-corrected chi connectivity index (χ3v) is 4.80. The Morgan fingerprint density at radius 1 is 1.35 bits per heavy atom. The van der Waals surface area contributed by atoms with Gasteiger partial charge in [-0.05, 0) is 55.3 Å². The number of nitrogens with one attached hydrogen (secondary N) is 1. The van der Waals surface area contributed by atoms with Crippen LogP contribution in [0.25, 0.3) is 10.9 Å². The molecule has 0 unspecified atom stereocenters. The summed E-state index contributed by atoms with van der Waals surface area (Å²) in [5.74, 6) is 0.539. The Morgan fingerprint density at radius 3 is 2.91 bits per heavy atom. The highest BCUT2D eigenvalue weighted by Gasteiger charge is 2.31. The average Bonchev–Trinajstić information content (AvgIpc) is 3.14. The number of anilines is 1. The van der Waals surface area contributed by atoms with Crippen LogP contribution in [0.15, 0.2) is 30.5 Å². The number of aromatic nitrogens is 1. The van der Waals surface area contributed by atoms with Gasteiger partial charge in [0, 0.05) is 24.3 Å². The van der Waals surface area contributed by atoms with Gasteiger partial charge < -0.3 is 15.6 Å². The van der Waals surface area contributed by atoms with Crippen LogP contribution in [0.3, 0.4) is 0 Å². The normalized spacial score (nSPS) is 20.4. The van der Waals surface area contributed by atoms with Crippen molar-refractivity contribution in [2.24, 2.45) is 17.6 Å². The highest BCUT2D eigenvalue weighted by Crippen LogP contribution is 2.32. The number of hydrogen-bond acceptors (Lipinski definition) is 2. The molecule has 1 aromatic carbocycles. The summed E-state index contributed by atoms with van der Waals surface area (Å²) in [6.07, 6.45) is 6.36. The molecule has 0 spiro atoms. The smallest absolute Gasteiger partial charge is 0.227 e. The summed E-state index contributed by atoms with van der Waals surface area (Å²) >= 11 is 0. The van der Waals surface area contributed by atoms with Gasteiger partial charge in [0.25, 0.3) is 0 Å². The molecule has 3 rings (SSSR count). The molecule has 1 fully saturated rings. The molecule has 0 saturated heterocycles. The first kappa shape index (κ1) is 17.8. The fourth-order valence-corrected chi connectivity index (χ4v) is 3.60. The first-order chi connectivity index (χ1) is 10.7. The molecule has 3 N–H and O–H groups in total. The maximum atomic E-state index is 12.5. The second kappa shape index (κ2) is 7.84. The Morgan fingerprint density at radius 2 is 2.17 bits per heavy atom. The minimum absolute atomic E-state index is 0. The molecule has 1 heterocycles. The zero-order valence-corrected chi connectivity index (χ0v) is 14.4. The zero-order chi connectivity index (χ0) is 15.5. The maximum absolute atomic E-state index is 12.5. The van der Waals surface area contributed by atoms with Gasteiger partial charge in [0.1, 0.15) is 0 Å². The monoisotopic (exact) mass is 335 g/mol. The van der Waals surface area contributed by atoms with Gasteiger partial charge in [-0.15, -0.1) is 12.4 Å². The second-order valence-electron chi connectivity index (χ2n) is 6.31. The molecule has 23 heavy (non-hydrogen) atoms. The van der Waals surface area contributed by atoms with Gasteiger partial charge in [-0.25, -0.2) is 0 Å². The van der Waals surface area contributed by atoms with E-state index in [1.54, 1.807) is 0 Å². The van der Waals surface area contributed by atoms with Crippen molar-refractivity contribution in [2.75, 3.05) is 11.9 Å². The maximum Gasteiger partial charge on any atom is 0.227 e. The summed E-state index contributed by atoms with van der Waals surface area (Å²) in [7, 11) is 0. The molecule has 1 aromatic heterocycles. The molecule has 2 aromatic rings. The Hall–Kier alpha value is -1.52. The predicted octanol–water partition coefficient (Wildman–Crippen LogP) is 3.79. The zero-order valence-electron chi connectivity index (χ0n) is 13.6. The third kappa shape index (κ3) is 3.70. The van der Waals surface area contributed by atoms with Gasteiger partial charge in [-0.1, -0.05) is 19.4 Å².